The molecule has 0 aromatic heterocycles. The molecule has 1 unspecified atom stereocenters. The van der Waals surface area contributed by atoms with E-state index in [1.54, 1.807) is 0 Å². The first-order valence-corrected chi connectivity index (χ1v) is 7.67. The van der Waals surface area contributed by atoms with Crippen molar-refractivity contribution in [3.05, 3.63) is 0 Å². The van der Waals surface area contributed by atoms with Crippen molar-refractivity contribution in [3.8, 4) is 0 Å². The maximum atomic E-state index is 12.6. The second-order valence-electron chi connectivity index (χ2n) is 6.20. The van der Waals surface area contributed by atoms with Gasteiger partial charge in [-0.25, -0.2) is 0 Å². The Morgan fingerprint density at radius 1 is 1.17 bits per heavy atom. The number of nitrogens with zero attached hydrogens (tertiary/aromatic N) is 1. The first kappa shape index (κ1) is 13.9. The Balaban J connectivity index is 1.93. The van der Waals surface area contributed by atoms with Gasteiger partial charge in [0, 0.05) is 25.0 Å². The highest BCUT2D eigenvalue weighted by atomic mass is 16.2. The molecule has 2 fully saturated rings. The zero-order valence-corrected chi connectivity index (χ0v) is 12.0. The van der Waals surface area contributed by atoms with Gasteiger partial charge in [-0.15, -0.1) is 0 Å². The van der Waals surface area contributed by atoms with Gasteiger partial charge >= 0.3 is 0 Å². The maximum Gasteiger partial charge on any atom is 0.225 e. The van der Waals surface area contributed by atoms with Gasteiger partial charge in [0.05, 0.1) is 0 Å². The highest BCUT2D eigenvalue weighted by Gasteiger charge is 2.32. The number of carbonyl (C=O) groups is 1. The van der Waals surface area contributed by atoms with Crippen LogP contribution in [0.25, 0.3) is 0 Å². The number of nitrogens with one attached hydrogen (secondary N) is 1. The zero-order chi connectivity index (χ0) is 13.0. The molecule has 0 radical (unpaired) electrons. The van der Waals surface area contributed by atoms with Crippen LogP contribution in [0.4, 0.5) is 0 Å². The van der Waals surface area contributed by atoms with E-state index in [1.165, 1.54) is 32.1 Å². The van der Waals surface area contributed by atoms with Crippen LogP contribution < -0.4 is 5.32 Å². The van der Waals surface area contributed by atoms with E-state index in [9.17, 15) is 4.79 Å². The Kier molecular flexibility index (Phi) is 5.04. The van der Waals surface area contributed by atoms with Crippen LogP contribution in [0, 0.1) is 11.8 Å². The summed E-state index contributed by atoms with van der Waals surface area (Å²) in [5, 5.41) is 3.24. The van der Waals surface area contributed by atoms with E-state index in [0.717, 1.165) is 31.8 Å². The van der Waals surface area contributed by atoms with Gasteiger partial charge in [-0.1, -0.05) is 6.92 Å². The average molecular weight is 252 g/mol. The van der Waals surface area contributed by atoms with Crippen molar-refractivity contribution in [1.29, 1.82) is 0 Å². The fourth-order valence-corrected chi connectivity index (χ4v) is 3.48. The first-order valence-electron chi connectivity index (χ1n) is 7.67. The molecule has 1 saturated heterocycles. The van der Waals surface area contributed by atoms with Crippen molar-refractivity contribution in [1.82, 2.24) is 10.2 Å². The van der Waals surface area contributed by atoms with Gasteiger partial charge in [0.15, 0.2) is 0 Å². The summed E-state index contributed by atoms with van der Waals surface area (Å²) in [4.78, 5) is 14.8. The molecule has 1 saturated carbocycles. The van der Waals surface area contributed by atoms with Crippen LogP contribution in [-0.4, -0.2) is 37.0 Å². The van der Waals surface area contributed by atoms with Crippen LogP contribution in [-0.2, 0) is 4.79 Å². The summed E-state index contributed by atoms with van der Waals surface area (Å²) >= 11 is 0. The summed E-state index contributed by atoms with van der Waals surface area (Å²) < 4.78 is 0. The van der Waals surface area contributed by atoms with Gasteiger partial charge in [-0.3, -0.25) is 4.79 Å². The fraction of sp³-hybridized carbons (Fsp3) is 0.933. The lowest BCUT2D eigenvalue weighted by Crippen LogP contribution is -2.50. The van der Waals surface area contributed by atoms with Crippen molar-refractivity contribution >= 4 is 5.91 Å². The van der Waals surface area contributed by atoms with Gasteiger partial charge in [-0.2, -0.15) is 0 Å². The van der Waals surface area contributed by atoms with E-state index in [0.29, 0.717) is 17.9 Å². The predicted octanol–water partition coefficient (Wildman–Crippen LogP) is 2.41. The quantitative estimate of drug-likeness (QED) is 0.836. The normalized spacial score (nSPS) is 33.4. The molecule has 0 spiro atoms. The zero-order valence-electron chi connectivity index (χ0n) is 12.0. The third-order valence-electron chi connectivity index (χ3n) is 4.72. The molecule has 0 aromatic rings. The van der Waals surface area contributed by atoms with Crippen LogP contribution >= 0.6 is 0 Å². The average Bonchev–Trinajstić information content (AvgIpc) is 2.40. The maximum absolute atomic E-state index is 12.6. The molecule has 1 amide bonds. The summed E-state index contributed by atoms with van der Waals surface area (Å²) in [6.07, 6.45) is 8.34. The number of carbonyl (C=O) groups excluding carboxylic acids is 1. The van der Waals surface area contributed by atoms with Crippen molar-refractivity contribution in [3.63, 3.8) is 0 Å². The molecule has 1 atom stereocenters. The molecule has 2 rings (SSSR count). The number of rotatable bonds is 3. The predicted molar refractivity (Wildman–Crippen MR) is 74.4 cm³/mol. The number of hydrogen-bond acceptors (Lipinski definition) is 2. The summed E-state index contributed by atoms with van der Waals surface area (Å²) in [6, 6.07) is 0.440. The topological polar surface area (TPSA) is 32.3 Å². The molecular weight excluding hydrogens is 224 g/mol. The lowest BCUT2D eigenvalue weighted by molar-refractivity contribution is -0.140. The molecule has 2 aliphatic rings. The SMILES string of the molecule is CNCC1CCCCN1C(=O)C1CCC(C)CC1. The lowest BCUT2D eigenvalue weighted by atomic mass is 9.82. The number of piperidine rings is 1. The highest BCUT2D eigenvalue weighted by molar-refractivity contribution is 5.79. The molecule has 104 valence electrons. The van der Waals surface area contributed by atoms with Crippen molar-refractivity contribution in [2.45, 2.75) is 57.9 Å². The third-order valence-corrected chi connectivity index (χ3v) is 4.72. The fourth-order valence-electron chi connectivity index (χ4n) is 3.48. The van der Waals surface area contributed by atoms with E-state index in [1.807, 2.05) is 7.05 Å². The van der Waals surface area contributed by atoms with Crippen LogP contribution in [0.3, 0.4) is 0 Å². The summed E-state index contributed by atoms with van der Waals surface area (Å²) in [5.41, 5.74) is 0. The molecule has 1 N–H and O–H groups in total. The van der Waals surface area contributed by atoms with Crippen LogP contribution in [0.5, 0.6) is 0 Å². The standard InChI is InChI=1S/C15H28N2O/c1-12-6-8-13(9-7-12)15(18)17-10-4-3-5-14(17)11-16-2/h12-14,16H,3-11H2,1-2H3. The Bertz CT molecular complexity index is 270. The second kappa shape index (κ2) is 6.55. The highest BCUT2D eigenvalue weighted by Crippen LogP contribution is 2.31. The van der Waals surface area contributed by atoms with Gasteiger partial charge in [-0.05, 0) is 57.9 Å². The van der Waals surface area contributed by atoms with Gasteiger partial charge in [0.25, 0.3) is 0 Å². The van der Waals surface area contributed by atoms with E-state index >= 15 is 0 Å². The van der Waals surface area contributed by atoms with E-state index < -0.39 is 0 Å². The molecule has 0 bridgehead atoms. The number of amides is 1. The molecule has 1 heterocycles. The molecule has 18 heavy (non-hydrogen) atoms. The number of likely N-dealkylation sites (N-methyl/N-ethyl adjacent to an activating group) is 1. The van der Waals surface area contributed by atoms with Crippen LogP contribution in [0.2, 0.25) is 0 Å². The Morgan fingerprint density at radius 2 is 1.89 bits per heavy atom. The Hall–Kier alpha value is -0.570. The van der Waals surface area contributed by atoms with Gasteiger partial charge < -0.3 is 10.2 Å². The van der Waals surface area contributed by atoms with Crippen LogP contribution in [0.1, 0.15) is 51.9 Å². The molecule has 0 aromatic carbocycles. The number of hydrogen-bond donors (Lipinski definition) is 1. The molecule has 3 nitrogen and oxygen atoms in total. The summed E-state index contributed by atoms with van der Waals surface area (Å²) in [7, 11) is 1.99. The molecule has 1 aliphatic carbocycles. The number of likely N-dealkylation sites (tertiary alicyclic amines) is 1. The van der Waals surface area contributed by atoms with E-state index in [4.69, 9.17) is 0 Å². The lowest BCUT2D eigenvalue weighted by Gasteiger charge is -2.39. The largest absolute Gasteiger partial charge is 0.338 e. The Labute approximate surface area is 111 Å². The molecular formula is C15H28N2O. The minimum absolute atomic E-state index is 0.318. The third kappa shape index (κ3) is 3.25. The monoisotopic (exact) mass is 252 g/mol. The summed E-state index contributed by atoms with van der Waals surface area (Å²) in [5.74, 6) is 1.59. The van der Waals surface area contributed by atoms with E-state index in [2.05, 4.69) is 17.1 Å². The Morgan fingerprint density at radius 3 is 2.56 bits per heavy atom. The van der Waals surface area contributed by atoms with Gasteiger partial charge in [0.2, 0.25) is 5.91 Å². The van der Waals surface area contributed by atoms with Crippen molar-refractivity contribution in [2.75, 3.05) is 20.1 Å². The molecule has 3 heteroatoms. The first-order chi connectivity index (χ1) is 8.72. The van der Waals surface area contributed by atoms with Crippen molar-refractivity contribution < 1.29 is 4.79 Å². The van der Waals surface area contributed by atoms with Gasteiger partial charge in [0.1, 0.15) is 0 Å². The van der Waals surface area contributed by atoms with Crippen LogP contribution in [0.15, 0.2) is 0 Å². The minimum Gasteiger partial charge on any atom is -0.338 e. The van der Waals surface area contributed by atoms with Crippen molar-refractivity contribution in [2.24, 2.45) is 11.8 Å². The van der Waals surface area contributed by atoms with E-state index in [-0.39, 0.29) is 0 Å². The minimum atomic E-state index is 0.318. The molecule has 1 aliphatic heterocycles. The second-order valence-corrected chi connectivity index (χ2v) is 6.20. The smallest absolute Gasteiger partial charge is 0.225 e. The summed E-state index contributed by atoms with van der Waals surface area (Å²) in [6.45, 7) is 4.25.